The average Bonchev–Trinajstić information content (AvgIpc) is 2.64. The Balaban J connectivity index is 2.00. The van der Waals surface area contributed by atoms with Crippen LogP contribution in [0.5, 0.6) is 0 Å². The molecular weight excluding hydrogens is 268 g/mol. The fourth-order valence-corrected chi connectivity index (χ4v) is 2.81. The molecule has 5 nitrogen and oxygen atoms in total. The molecule has 0 aliphatic heterocycles. The summed E-state index contributed by atoms with van der Waals surface area (Å²) in [4.78, 5) is 23.2. The van der Waals surface area contributed by atoms with Gasteiger partial charge in [0.05, 0.1) is 11.3 Å². The molecule has 0 heterocycles. The van der Waals surface area contributed by atoms with E-state index in [2.05, 4.69) is 17.6 Å². The fraction of sp³-hybridized carbons (Fsp3) is 0.500. The number of benzene rings is 1. The van der Waals surface area contributed by atoms with Crippen molar-refractivity contribution in [2.75, 3.05) is 5.32 Å². The molecule has 5 heteroatoms. The molecule has 0 bridgehead atoms. The number of rotatable bonds is 3. The molecule has 0 radical (unpaired) electrons. The van der Waals surface area contributed by atoms with Crippen molar-refractivity contribution >= 4 is 17.7 Å². The third-order valence-electron chi connectivity index (χ3n) is 4.08. The first kappa shape index (κ1) is 15.4. The summed E-state index contributed by atoms with van der Waals surface area (Å²) < 4.78 is 0. The number of hydrogen-bond acceptors (Lipinski definition) is 2. The van der Waals surface area contributed by atoms with Gasteiger partial charge in [-0.1, -0.05) is 38.3 Å². The zero-order chi connectivity index (χ0) is 15.2. The number of para-hydroxylation sites is 1. The molecular formula is C16H22N2O3. The average molecular weight is 290 g/mol. The number of amides is 2. The Morgan fingerprint density at radius 2 is 1.86 bits per heavy atom. The molecule has 21 heavy (non-hydrogen) atoms. The van der Waals surface area contributed by atoms with E-state index in [1.54, 1.807) is 18.2 Å². The van der Waals surface area contributed by atoms with Crippen LogP contribution in [0, 0.1) is 5.92 Å². The van der Waals surface area contributed by atoms with Crippen LogP contribution in [-0.2, 0) is 0 Å². The quantitative estimate of drug-likeness (QED) is 0.746. The zero-order valence-corrected chi connectivity index (χ0v) is 12.3. The predicted octanol–water partition coefficient (Wildman–Crippen LogP) is 3.48. The van der Waals surface area contributed by atoms with E-state index in [4.69, 9.17) is 5.11 Å². The van der Waals surface area contributed by atoms with Gasteiger partial charge in [0.15, 0.2) is 0 Å². The Morgan fingerprint density at radius 3 is 2.62 bits per heavy atom. The summed E-state index contributed by atoms with van der Waals surface area (Å²) >= 11 is 0. The molecule has 2 rings (SSSR count). The molecule has 0 aromatic heterocycles. The number of carboxylic acid groups (broad SMARTS) is 1. The molecule has 0 spiro atoms. The predicted molar refractivity (Wildman–Crippen MR) is 81.6 cm³/mol. The number of hydrogen-bond donors (Lipinski definition) is 3. The molecule has 2 unspecified atom stereocenters. The molecule has 1 aromatic rings. The number of anilines is 1. The van der Waals surface area contributed by atoms with E-state index in [-0.39, 0.29) is 17.6 Å². The Kier molecular flexibility index (Phi) is 5.20. The lowest BCUT2D eigenvalue weighted by atomic mass is 9.97. The highest BCUT2D eigenvalue weighted by atomic mass is 16.4. The molecule has 3 N–H and O–H groups in total. The highest BCUT2D eigenvalue weighted by Gasteiger charge is 2.22. The van der Waals surface area contributed by atoms with Gasteiger partial charge in [0.1, 0.15) is 0 Å². The van der Waals surface area contributed by atoms with Gasteiger partial charge in [0, 0.05) is 6.04 Å². The van der Waals surface area contributed by atoms with Gasteiger partial charge < -0.3 is 15.7 Å². The van der Waals surface area contributed by atoms with Crippen LogP contribution >= 0.6 is 0 Å². The highest BCUT2D eigenvalue weighted by Crippen LogP contribution is 2.23. The summed E-state index contributed by atoms with van der Waals surface area (Å²) in [6, 6.07) is 6.24. The Labute approximate surface area is 124 Å². The summed E-state index contributed by atoms with van der Waals surface area (Å²) in [6.07, 6.45) is 5.65. The SMILES string of the molecule is CC1CCCCCC1NC(=O)Nc1ccccc1C(=O)O. The van der Waals surface area contributed by atoms with Gasteiger partial charge in [-0.05, 0) is 30.9 Å². The molecule has 2 amide bonds. The maximum absolute atomic E-state index is 12.1. The zero-order valence-electron chi connectivity index (χ0n) is 12.3. The van der Waals surface area contributed by atoms with Crippen LogP contribution in [0.1, 0.15) is 49.4 Å². The number of carbonyl (C=O) groups is 2. The van der Waals surface area contributed by atoms with Gasteiger partial charge in [-0.25, -0.2) is 9.59 Å². The van der Waals surface area contributed by atoms with Crippen molar-refractivity contribution in [2.45, 2.75) is 45.1 Å². The minimum absolute atomic E-state index is 0.0987. The second-order valence-electron chi connectivity index (χ2n) is 5.67. The van der Waals surface area contributed by atoms with Gasteiger partial charge in [-0.2, -0.15) is 0 Å². The monoisotopic (exact) mass is 290 g/mol. The Hall–Kier alpha value is -2.04. The van der Waals surface area contributed by atoms with Crippen LogP contribution in [0.3, 0.4) is 0 Å². The van der Waals surface area contributed by atoms with Crippen molar-refractivity contribution < 1.29 is 14.7 Å². The summed E-state index contributed by atoms with van der Waals surface area (Å²) in [5, 5.41) is 14.7. The van der Waals surface area contributed by atoms with Crippen molar-refractivity contribution in [2.24, 2.45) is 5.92 Å². The lowest BCUT2D eigenvalue weighted by molar-refractivity contribution is 0.0698. The van der Waals surface area contributed by atoms with E-state index in [0.717, 1.165) is 19.3 Å². The molecule has 0 saturated heterocycles. The molecule has 1 aliphatic rings. The molecule has 1 aromatic carbocycles. The lowest BCUT2D eigenvalue weighted by Gasteiger charge is -2.23. The highest BCUT2D eigenvalue weighted by molar-refractivity contribution is 6.00. The van der Waals surface area contributed by atoms with Crippen LogP contribution in [0.25, 0.3) is 0 Å². The topological polar surface area (TPSA) is 78.4 Å². The second kappa shape index (κ2) is 7.11. The third kappa shape index (κ3) is 4.21. The molecule has 114 valence electrons. The first-order chi connectivity index (χ1) is 10.1. The summed E-state index contributed by atoms with van der Waals surface area (Å²) in [5.41, 5.74) is 0.422. The summed E-state index contributed by atoms with van der Waals surface area (Å²) in [7, 11) is 0. The Bertz CT molecular complexity index is 516. The van der Waals surface area contributed by atoms with Crippen LogP contribution in [-0.4, -0.2) is 23.1 Å². The first-order valence-electron chi connectivity index (χ1n) is 7.48. The molecule has 1 aliphatic carbocycles. The number of carbonyl (C=O) groups excluding carboxylic acids is 1. The fourth-order valence-electron chi connectivity index (χ4n) is 2.81. The maximum atomic E-state index is 12.1. The third-order valence-corrected chi connectivity index (χ3v) is 4.08. The number of nitrogens with one attached hydrogen (secondary N) is 2. The van der Waals surface area contributed by atoms with Gasteiger partial charge >= 0.3 is 12.0 Å². The van der Waals surface area contributed by atoms with E-state index in [9.17, 15) is 9.59 Å². The van der Waals surface area contributed by atoms with Crippen LogP contribution in [0.2, 0.25) is 0 Å². The molecule has 1 saturated carbocycles. The summed E-state index contributed by atoms with van der Waals surface area (Å²) in [6.45, 7) is 2.15. The normalized spacial score (nSPS) is 22.1. The van der Waals surface area contributed by atoms with Crippen LogP contribution < -0.4 is 10.6 Å². The van der Waals surface area contributed by atoms with Crippen molar-refractivity contribution in [3.8, 4) is 0 Å². The van der Waals surface area contributed by atoms with Crippen LogP contribution in [0.4, 0.5) is 10.5 Å². The summed E-state index contributed by atoms with van der Waals surface area (Å²) in [5.74, 6) is -0.596. The first-order valence-corrected chi connectivity index (χ1v) is 7.48. The standard InChI is InChI=1S/C16H22N2O3/c1-11-7-3-2-4-9-13(11)17-16(21)18-14-10-6-5-8-12(14)15(19)20/h5-6,8,10-11,13H,2-4,7,9H2,1H3,(H,19,20)(H2,17,18,21). The van der Waals surface area contributed by atoms with E-state index in [1.807, 2.05) is 0 Å². The maximum Gasteiger partial charge on any atom is 0.337 e. The van der Waals surface area contributed by atoms with Crippen LogP contribution in [0.15, 0.2) is 24.3 Å². The molecule has 2 atom stereocenters. The Morgan fingerprint density at radius 1 is 1.14 bits per heavy atom. The van der Waals surface area contributed by atoms with Gasteiger partial charge in [-0.3, -0.25) is 0 Å². The van der Waals surface area contributed by atoms with Crippen molar-refractivity contribution in [3.63, 3.8) is 0 Å². The van der Waals surface area contributed by atoms with E-state index in [1.165, 1.54) is 18.9 Å². The van der Waals surface area contributed by atoms with Gasteiger partial charge in [0.2, 0.25) is 0 Å². The minimum Gasteiger partial charge on any atom is -0.478 e. The van der Waals surface area contributed by atoms with Gasteiger partial charge in [0.25, 0.3) is 0 Å². The second-order valence-corrected chi connectivity index (χ2v) is 5.67. The van der Waals surface area contributed by atoms with E-state index in [0.29, 0.717) is 11.6 Å². The number of aromatic carboxylic acids is 1. The van der Waals surface area contributed by atoms with Gasteiger partial charge in [-0.15, -0.1) is 0 Å². The van der Waals surface area contributed by atoms with E-state index < -0.39 is 5.97 Å². The lowest BCUT2D eigenvalue weighted by Crippen LogP contribution is -2.41. The smallest absolute Gasteiger partial charge is 0.337 e. The van der Waals surface area contributed by atoms with Crippen molar-refractivity contribution in [3.05, 3.63) is 29.8 Å². The minimum atomic E-state index is -1.05. The van der Waals surface area contributed by atoms with Crippen molar-refractivity contribution in [1.82, 2.24) is 5.32 Å². The molecule has 1 fully saturated rings. The largest absolute Gasteiger partial charge is 0.478 e. The van der Waals surface area contributed by atoms with Crippen molar-refractivity contribution in [1.29, 1.82) is 0 Å². The number of urea groups is 1. The van der Waals surface area contributed by atoms with E-state index >= 15 is 0 Å². The number of carboxylic acids is 1.